The Morgan fingerprint density at radius 1 is 1.10 bits per heavy atom. The number of likely N-dealkylation sites (N-methyl/N-ethyl adjacent to an activating group) is 1. The van der Waals surface area contributed by atoms with Crippen LogP contribution in [-0.4, -0.2) is 24.0 Å². The first-order chi connectivity index (χ1) is 15.0. The summed E-state index contributed by atoms with van der Waals surface area (Å²) in [6, 6.07) is 19.7. The molecule has 1 fully saturated rings. The monoisotopic (exact) mass is 456 g/mol. The summed E-state index contributed by atoms with van der Waals surface area (Å²) in [6.07, 6.45) is 7.49. The number of rotatable bonds is 11. The van der Waals surface area contributed by atoms with Gasteiger partial charge in [0, 0.05) is 12.6 Å². The Morgan fingerprint density at radius 2 is 1.84 bits per heavy atom. The van der Waals surface area contributed by atoms with Crippen molar-refractivity contribution in [3.05, 3.63) is 69.7 Å². The predicted molar refractivity (Wildman–Crippen MR) is 132 cm³/mol. The molecular formula is C27H34Cl2N2. The molecule has 0 heterocycles. The number of halogens is 2. The molecule has 0 radical (unpaired) electrons. The van der Waals surface area contributed by atoms with Crippen LogP contribution in [0.3, 0.4) is 0 Å². The molecule has 31 heavy (non-hydrogen) atoms. The third kappa shape index (κ3) is 5.64. The van der Waals surface area contributed by atoms with Crippen LogP contribution in [0.1, 0.15) is 63.5 Å². The van der Waals surface area contributed by atoms with Crippen LogP contribution in [0.2, 0.25) is 10.0 Å². The van der Waals surface area contributed by atoms with E-state index in [2.05, 4.69) is 55.1 Å². The third-order valence-electron chi connectivity index (χ3n) is 7.23. The number of nitriles is 1. The van der Waals surface area contributed by atoms with Crippen molar-refractivity contribution in [2.24, 2.45) is 5.92 Å². The highest BCUT2D eigenvalue weighted by molar-refractivity contribution is 6.42. The fraction of sp³-hybridized carbons (Fsp3) is 0.519. The van der Waals surface area contributed by atoms with Gasteiger partial charge in [0.05, 0.1) is 21.5 Å². The van der Waals surface area contributed by atoms with Crippen LogP contribution in [0.15, 0.2) is 48.5 Å². The second-order valence-electron chi connectivity index (χ2n) is 8.80. The van der Waals surface area contributed by atoms with Crippen molar-refractivity contribution in [3.63, 3.8) is 0 Å². The van der Waals surface area contributed by atoms with E-state index in [1.807, 2.05) is 18.2 Å². The number of nitrogens with zero attached hydrogens (tertiary/aromatic N) is 2. The second-order valence-corrected chi connectivity index (χ2v) is 9.62. The Labute approximate surface area is 198 Å². The van der Waals surface area contributed by atoms with Crippen LogP contribution in [0.5, 0.6) is 0 Å². The van der Waals surface area contributed by atoms with Gasteiger partial charge in [0.25, 0.3) is 0 Å². The minimum atomic E-state index is -0.473. The van der Waals surface area contributed by atoms with Crippen molar-refractivity contribution in [1.82, 2.24) is 4.90 Å². The second kappa shape index (κ2) is 11.4. The van der Waals surface area contributed by atoms with Crippen LogP contribution < -0.4 is 0 Å². The van der Waals surface area contributed by atoms with Crippen LogP contribution in [0.4, 0.5) is 0 Å². The standard InChI is InChI=1S/C27H34Cl2N2/c1-3-24(31(4-2)18-16-21-9-6-5-7-10-21)15-17-27(20-30,22-11-8-12-22)23-13-14-25(28)26(29)19-23/h5-7,9-10,13-14,19,22,24H,3-4,8,11-12,15-18H2,1-2H3. The molecule has 2 unspecified atom stereocenters. The summed E-state index contributed by atoms with van der Waals surface area (Å²) < 4.78 is 0. The lowest BCUT2D eigenvalue weighted by Gasteiger charge is -2.42. The van der Waals surface area contributed by atoms with Gasteiger partial charge in [-0.1, -0.05) is 79.9 Å². The highest BCUT2D eigenvalue weighted by atomic mass is 35.5. The number of hydrogen-bond acceptors (Lipinski definition) is 2. The smallest absolute Gasteiger partial charge is 0.0851 e. The summed E-state index contributed by atoms with van der Waals surface area (Å²) in [6.45, 7) is 6.60. The lowest BCUT2D eigenvalue weighted by Crippen LogP contribution is -2.42. The first-order valence-corrected chi connectivity index (χ1v) is 12.4. The third-order valence-corrected chi connectivity index (χ3v) is 7.97. The summed E-state index contributed by atoms with van der Waals surface area (Å²) >= 11 is 12.5. The Kier molecular flexibility index (Phi) is 8.85. The Balaban J connectivity index is 1.75. The first kappa shape index (κ1) is 24.1. The maximum Gasteiger partial charge on any atom is 0.0851 e. The molecule has 2 atom stereocenters. The molecule has 2 nitrogen and oxygen atoms in total. The number of benzene rings is 2. The van der Waals surface area contributed by atoms with E-state index in [9.17, 15) is 5.26 Å². The van der Waals surface area contributed by atoms with E-state index in [1.165, 1.54) is 12.0 Å². The van der Waals surface area contributed by atoms with Crippen molar-refractivity contribution < 1.29 is 0 Å². The van der Waals surface area contributed by atoms with Crippen LogP contribution >= 0.6 is 23.2 Å². The molecule has 2 aromatic rings. The summed E-state index contributed by atoms with van der Waals surface area (Å²) in [5.74, 6) is 0.409. The Hall–Kier alpha value is -1.53. The Bertz CT molecular complexity index is 873. The van der Waals surface area contributed by atoms with E-state index in [0.717, 1.165) is 57.2 Å². The van der Waals surface area contributed by atoms with Gasteiger partial charge in [-0.25, -0.2) is 0 Å². The van der Waals surface area contributed by atoms with Crippen LogP contribution in [0.25, 0.3) is 0 Å². The SMILES string of the molecule is CCC(CCC(C#N)(c1ccc(Cl)c(Cl)c1)C1CCC1)N(CC)CCc1ccccc1. The van der Waals surface area contributed by atoms with Crippen molar-refractivity contribution in [1.29, 1.82) is 5.26 Å². The molecule has 0 amide bonds. The van der Waals surface area contributed by atoms with E-state index in [4.69, 9.17) is 23.2 Å². The molecule has 1 aliphatic rings. The van der Waals surface area contributed by atoms with Crippen molar-refractivity contribution in [3.8, 4) is 6.07 Å². The van der Waals surface area contributed by atoms with Crippen molar-refractivity contribution in [2.75, 3.05) is 13.1 Å². The van der Waals surface area contributed by atoms with Gasteiger partial charge in [0.15, 0.2) is 0 Å². The molecule has 1 saturated carbocycles. The van der Waals surface area contributed by atoms with Gasteiger partial charge in [-0.2, -0.15) is 5.26 Å². The topological polar surface area (TPSA) is 27.0 Å². The summed E-state index contributed by atoms with van der Waals surface area (Å²) in [4.78, 5) is 2.59. The summed E-state index contributed by atoms with van der Waals surface area (Å²) in [5, 5.41) is 11.5. The zero-order chi connectivity index (χ0) is 22.3. The van der Waals surface area contributed by atoms with E-state index in [0.29, 0.717) is 22.0 Å². The van der Waals surface area contributed by atoms with E-state index < -0.39 is 5.41 Å². The van der Waals surface area contributed by atoms with Gasteiger partial charge < -0.3 is 4.90 Å². The van der Waals surface area contributed by atoms with Gasteiger partial charge >= 0.3 is 0 Å². The molecule has 0 N–H and O–H groups in total. The highest BCUT2D eigenvalue weighted by Gasteiger charge is 2.44. The molecule has 0 spiro atoms. The minimum absolute atomic E-state index is 0.409. The first-order valence-electron chi connectivity index (χ1n) is 11.7. The highest BCUT2D eigenvalue weighted by Crippen LogP contribution is 2.48. The van der Waals surface area contributed by atoms with Crippen LogP contribution in [0, 0.1) is 17.2 Å². The minimum Gasteiger partial charge on any atom is -0.300 e. The maximum absolute atomic E-state index is 10.4. The average Bonchev–Trinajstić information content (AvgIpc) is 2.76. The van der Waals surface area contributed by atoms with E-state index in [1.54, 1.807) is 0 Å². The van der Waals surface area contributed by atoms with E-state index in [-0.39, 0.29) is 0 Å². The molecule has 0 saturated heterocycles. The zero-order valence-electron chi connectivity index (χ0n) is 18.8. The largest absolute Gasteiger partial charge is 0.300 e. The van der Waals surface area contributed by atoms with Gasteiger partial charge in [-0.3, -0.25) is 0 Å². The van der Waals surface area contributed by atoms with Gasteiger partial charge in [0.2, 0.25) is 0 Å². The molecule has 0 aromatic heterocycles. The predicted octanol–water partition coefficient (Wildman–Crippen LogP) is 7.68. The fourth-order valence-corrected chi connectivity index (χ4v) is 5.32. The lowest BCUT2D eigenvalue weighted by atomic mass is 9.60. The molecule has 0 bridgehead atoms. The quantitative estimate of drug-likeness (QED) is 0.346. The molecule has 3 rings (SSSR count). The molecule has 4 heteroatoms. The normalized spacial score (nSPS) is 17.0. The van der Waals surface area contributed by atoms with Gasteiger partial charge in [-0.15, -0.1) is 0 Å². The molecule has 0 aliphatic heterocycles. The molecule has 166 valence electrons. The maximum atomic E-state index is 10.4. The van der Waals surface area contributed by atoms with Crippen LogP contribution in [-0.2, 0) is 11.8 Å². The Morgan fingerprint density at radius 3 is 2.39 bits per heavy atom. The summed E-state index contributed by atoms with van der Waals surface area (Å²) in [5.41, 5.74) is 1.95. The van der Waals surface area contributed by atoms with Crippen molar-refractivity contribution in [2.45, 2.75) is 70.3 Å². The lowest BCUT2D eigenvalue weighted by molar-refractivity contribution is 0.152. The molecule has 2 aromatic carbocycles. The molecular weight excluding hydrogens is 423 g/mol. The van der Waals surface area contributed by atoms with Gasteiger partial charge in [0.1, 0.15) is 0 Å². The average molecular weight is 457 g/mol. The fourth-order valence-electron chi connectivity index (χ4n) is 5.03. The van der Waals surface area contributed by atoms with Gasteiger partial charge in [-0.05, 0) is 74.2 Å². The van der Waals surface area contributed by atoms with Crippen molar-refractivity contribution >= 4 is 23.2 Å². The van der Waals surface area contributed by atoms with E-state index >= 15 is 0 Å². The summed E-state index contributed by atoms with van der Waals surface area (Å²) in [7, 11) is 0. The molecule has 1 aliphatic carbocycles. The number of hydrogen-bond donors (Lipinski definition) is 0. The zero-order valence-corrected chi connectivity index (χ0v) is 20.3.